The first-order chi connectivity index (χ1) is 18.9. The fourth-order valence-electron chi connectivity index (χ4n) is 4.38. The topological polar surface area (TPSA) is 142 Å². The fraction of sp³-hybridized carbons (Fsp3) is 0.308. The van der Waals surface area contributed by atoms with Crippen molar-refractivity contribution in [3.8, 4) is 0 Å². The standard InChI is InChI=1S/C26H26F3N5O5S/c1-2-40(38,39)20-8-6-16(7-9-20)21(14-32-25(36)37)33-23(35)18-12-30-24(31-13-18)34-15-26(28,29)11-22(34)17-4-3-5-19(27)10-17/h3-10,12-13,21-22,32H,2,11,14-15H2,1H3,(H,33,35)(H,36,37)/t21-,22?/m0/s1. The number of carbonyl (C=O) groups is 2. The second kappa shape index (κ2) is 11.5. The van der Waals surface area contributed by atoms with Crippen LogP contribution in [0.2, 0.25) is 0 Å². The fourth-order valence-corrected chi connectivity index (χ4v) is 5.27. The van der Waals surface area contributed by atoms with E-state index in [0.717, 1.165) is 12.4 Å². The highest BCUT2D eigenvalue weighted by molar-refractivity contribution is 7.91. The molecule has 212 valence electrons. The molecule has 10 nitrogen and oxygen atoms in total. The quantitative estimate of drug-likeness (QED) is 0.349. The van der Waals surface area contributed by atoms with Crippen LogP contribution in [0.15, 0.2) is 65.8 Å². The summed E-state index contributed by atoms with van der Waals surface area (Å²) in [5.74, 6) is -4.47. The monoisotopic (exact) mass is 577 g/mol. The molecule has 40 heavy (non-hydrogen) atoms. The van der Waals surface area contributed by atoms with Gasteiger partial charge in [0.15, 0.2) is 9.84 Å². The van der Waals surface area contributed by atoms with Crippen LogP contribution in [-0.2, 0) is 9.84 Å². The number of nitrogens with zero attached hydrogens (tertiary/aromatic N) is 3. The summed E-state index contributed by atoms with van der Waals surface area (Å²) in [6.45, 7) is 0.595. The van der Waals surface area contributed by atoms with Crippen molar-refractivity contribution in [3.05, 3.63) is 83.4 Å². The Morgan fingerprint density at radius 1 is 1.15 bits per heavy atom. The Balaban J connectivity index is 1.53. The maximum Gasteiger partial charge on any atom is 0.404 e. The molecule has 1 saturated heterocycles. The number of anilines is 1. The van der Waals surface area contributed by atoms with Crippen molar-refractivity contribution in [2.45, 2.75) is 36.2 Å². The van der Waals surface area contributed by atoms with Gasteiger partial charge in [0.05, 0.1) is 34.8 Å². The zero-order valence-electron chi connectivity index (χ0n) is 21.2. The zero-order valence-corrected chi connectivity index (χ0v) is 22.0. The molecule has 2 heterocycles. The Bertz CT molecular complexity index is 1490. The minimum Gasteiger partial charge on any atom is -0.465 e. The number of amides is 2. The van der Waals surface area contributed by atoms with Gasteiger partial charge in [0.25, 0.3) is 11.8 Å². The average Bonchev–Trinajstić information content (AvgIpc) is 3.26. The van der Waals surface area contributed by atoms with Gasteiger partial charge in [0.2, 0.25) is 5.95 Å². The van der Waals surface area contributed by atoms with E-state index in [1.54, 1.807) is 6.07 Å². The Kier molecular flexibility index (Phi) is 8.28. The van der Waals surface area contributed by atoms with Crippen LogP contribution in [0.4, 0.5) is 23.9 Å². The normalized spacial score (nSPS) is 17.3. The third kappa shape index (κ3) is 6.68. The molecular formula is C26H26F3N5O5S. The van der Waals surface area contributed by atoms with Gasteiger partial charge in [-0.2, -0.15) is 0 Å². The molecule has 1 unspecified atom stereocenters. The zero-order chi connectivity index (χ0) is 29.1. The lowest BCUT2D eigenvalue weighted by Crippen LogP contribution is -2.37. The maximum atomic E-state index is 14.3. The number of hydrogen-bond donors (Lipinski definition) is 3. The molecule has 1 aliphatic rings. The largest absolute Gasteiger partial charge is 0.465 e. The van der Waals surface area contributed by atoms with Crippen LogP contribution < -0.4 is 15.5 Å². The van der Waals surface area contributed by atoms with E-state index in [4.69, 9.17) is 5.11 Å². The number of alkyl halides is 2. The molecule has 0 radical (unpaired) electrons. The Hall–Kier alpha value is -4.20. The van der Waals surface area contributed by atoms with Crippen LogP contribution >= 0.6 is 0 Å². The number of rotatable bonds is 9. The Labute approximate surface area is 228 Å². The third-order valence-electron chi connectivity index (χ3n) is 6.44. The van der Waals surface area contributed by atoms with E-state index >= 15 is 0 Å². The van der Waals surface area contributed by atoms with Crippen LogP contribution in [0.5, 0.6) is 0 Å². The van der Waals surface area contributed by atoms with E-state index in [1.807, 2.05) is 0 Å². The SMILES string of the molecule is CCS(=O)(=O)c1ccc([C@H](CNC(=O)O)NC(=O)c2cnc(N3CC(F)(F)CC3c3cccc(F)c3)nc2)cc1. The van der Waals surface area contributed by atoms with Crippen LogP contribution in [0, 0.1) is 5.82 Å². The summed E-state index contributed by atoms with van der Waals surface area (Å²) in [6, 6.07) is 9.28. The maximum absolute atomic E-state index is 14.3. The van der Waals surface area contributed by atoms with E-state index in [1.165, 1.54) is 54.3 Å². The molecule has 0 spiro atoms. The van der Waals surface area contributed by atoms with Gasteiger partial charge in [0.1, 0.15) is 5.82 Å². The van der Waals surface area contributed by atoms with Crippen LogP contribution in [0.3, 0.4) is 0 Å². The van der Waals surface area contributed by atoms with Crippen LogP contribution in [-0.4, -0.2) is 60.3 Å². The molecule has 4 rings (SSSR count). The second-order valence-corrected chi connectivity index (χ2v) is 11.5. The van der Waals surface area contributed by atoms with Crippen molar-refractivity contribution in [3.63, 3.8) is 0 Å². The van der Waals surface area contributed by atoms with Gasteiger partial charge in [0, 0.05) is 25.4 Å². The molecule has 0 aliphatic carbocycles. The Morgan fingerprint density at radius 2 is 1.82 bits per heavy atom. The highest BCUT2D eigenvalue weighted by atomic mass is 32.2. The van der Waals surface area contributed by atoms with Crippen molar-refractivity contribution in [1.29, 1.82) is 0 Å². The lowest BCUT2D eigenvalue weighted by molar-refractivity contribution is 0.0222. The third-order valence-corrected chi connectivity index (χ3v) is 8.20. The van der Waals surface area contributed by atoms with Gasteiger partial charge in [-0.05, 0) is 35.4 Å². The number of aromatic nitrogens is 2. The van der Waals surface area contributed by atoms with Crippen molar-refractivity contribution in [2.24, 2.45) is 0 Å². The molecule has 1 aromatic heterocycles. The van der Waals surface area contributed by atoms with E-state index in [9.17, 15) is 31.2 Å². The van der Waals surface area contributed by atoms with Crippen LogP contribution in [0.25, 0.3) is 0 Å². The van der Waals surface area contributed by atoms with Crippen molar-refractivity contribution >= 4 is 27.8 Å². The number of sulfone groups is 1. The molecule has 14 heteroatoms. The van der Waals surface area contributed by atoms with E-state index in [2.05, 4.69) is 20.6 Å². The van der Waals surface area contributed by atoms with Gasteiger partial charge in [-0.3, -0.25) is 4.79 Å². The minimum atomic E-state index is -3.46. The highest BCUT2D eigenvalue weighted by Crippen LogP contribution is 2.42. The summed E-state index contributed by atoms with van der Waals surface area (Å²) < 4.78 is 66.6. The molecule has 2 amide bonds. The summed E-state index contributed by atoms with van der Waals surface area (Å²) in [5, 5.41) is 13.9. The van der Waals surface area contributed by atoms with Gasteiger partial charge >= 0.3 is 6.09 Å². The second-order valence-electron chi connectivity index (χ2n) is 9.22. The number of carboxylic acid groups (broad SMARTS) is 1. The van der Waals surface area contributed by atoms with E-state index < -0.39 is 58.6 Å². The first kappa shape index (κ1) is 28.8. The molecular weight excluding hydrogens is 551 g/mol. The van der Waals surface area contributed by atoms with Gasteiger partial charge < -0.3 is 20.6 Å². The van der Waals surface area contributed by atoms with Crippen molar-refractivity contribution < 1.29 is 36.3 Å². The number of halogens is 3. The molecule has 2 atom stereocenters. The molecule has 1 fully saturated rings. The number of benzene rings is 2. The van der Waals surface area contributed by atoms with Gasteiger partial charge in [-0.25, -0.2) is 36.4 Å². The smallest absolute Gasteiger partial charge is 0.404 e. The molecule has 0 saturated carbocycles. The van der Waals surface area contributed by atoms with Crippen molar-refractivity contribution in [1.82, 2.24) is 20.6 Å². The van der Waals surface area contributed by atoms with Crippen LogP contribution in [0.1, 0.15) is 46.9 Å². The number of carbonyl (C=O) groups excluding carboxylic acids is 1. The van der Waals surface area contributed by atoms with E-state index in [0.29, 0.717) is 11.1 Å². The lowest BCUT2D eigenvalue weighted by Gasteiger charge is -2.24. The lowest BCUT2D eigenvalue weighted by atomic mass is 10.0. The predicted octanol–water partition coefficient (Wildman–Crippen LogP) is 3.73. The average molecular weight is 578 g/mol. The Morgan fingerprint density at radius 3 is 2.42 bits per heavy atom. The molecule has 0 bridgehead atoms. The number of nitrogens with one attached hydrogen (secondary N) is 2. The number of hydrogen-bond acceptors (Lipinski definition) is 7. The highest BCUT2D eigenvalue weighted by Gasteiger charge is 2.46. The molecule has 2 aromatic carbocycles. The van der Waals surface area contributed by atoms with Gasteiger partial charge in [-0.15, -0.1) is 0 Å². The predicted molar refractivity (Wildman–Crippen MR) is 138 cm³/mol. The molecule has 3 N–H and O–H groups in total. The summed E-state index contributed by atoms with van der Waals surface area (Å²) >= 11 is 0. The molecule has 1 aliphatic heterocycles. The first-order valence-corrected chi connectivity index (χ1v) is 13.9. The van der Waals surface area contributed by atoms with E-state index in [-0.39, 0.29) is 28.7 Å². The summed E-state index contributed by atoms with van der Waals surface area (Å²) in [5.41, 5.74) is 0.753. The van der Waals surface area contributed by atoms with Crippen molar-refractivity contribution in [2.75, 3.05) is 23.7 Å². The summed E-state index contributed by atoms with van der Waals surface area (Å²) in [4.78, 5) is 33.6. The molecule has 3 aromatic rings. The first-order valence-electron chi connectivity index (χ1n) is 12.2. The summed E-state index contributed by atoms with van der Waals surface area (Å²) in [7, 11) is -3.46. The van der Waals surface area contributed by atoms with Gasteiger partial charge in [-0.1, -0.05) is 31.2 Å². The summed E-state index contributed by atoms with van der Waals surface area (Å²) in [6.07, 6.45) is 0.413. The minimum absolute atomic E-state index is 0.0254.